The van der Waals surface area contributed by atoms with Gasteiger partial charge in [0.25, 0.3) is 0 Å². The first-order valence-electron chi connectivity index (χ1n) is 5.90. The zero-order valence-corrected chi connectivity index (χ0v) is 11.0. The summed E-state index contributed by atoms with van der Waals surface area (Å²) in [6.07, 6.45) is 2.53. The third-order valence-electron chi connectivity index (χ3n) is 2.69. The third kappa shape index (κ3) is 3.96. The van der Waals surface area contributed by atoms with Gasteiger partial charge in [0.1, 0.15) is 5.15 Å². The molecular weight excluding hydrogens is 262 g/mol. The van der Waals surface area contributed by atoms with Crippen LogP contribution in [0, 0.1) is 0 Å². The summed E-state index contributed by atoms with van der Waals surface area (Å²) < 4.78 is 0. The highest BCUT2D eigenvalue weighted by Gasteiger charge is 2.05. The van der Waals surface area contributed by atoms with Crippen LogP contribution in [0.5, 0.6) is 0 Å². The van der Waals surface area contributed by atoms with Crippen LogP contribution in [0.25, 0.3) is 0 Å². The minimum atomic E-state index is -0.0782. The lowest BCUT2D eigenvalue weighted by molar-refractivity contribution is -0.116. The number of hydrogen-bond donors (Lipinski definition) is 2. The van der Waals surface area contributed by atoms with Gasteiger partial charge in [0.05, 0.1) is 0 Å². The molecule has 1 amide bonds. The molecule has 1 aromatic carbocycles. The number of hydrogen-bond acceptors (Lipinski definition) is 3. The van der Waals surface area contributed by atoms with Gasteiger partial charge in [0.2, 0.25) is 5.91 Å². The van der Waals surface area contributed by atoms with Crippen LogP contribution in [0.3, 0.4) is 0 Å². The van der Waals surface area contributed by atoms with E-state index in [1.54, 1.807) is 18.3 Å². The lowest BCUT2D eigenvalue weighted by Gasteiger charge is -2.07. The minimum Gasteiger partial charge on any atom is -0.399 e. The number of pyridine rings is 1. The molecule has 0 radical (unpaired) electrons. The smallest absolute Gasteiger partial charge is 0.224 e. The number of aromatic nitrogens is 1. The monoisotopic (exact) mass is 275 g/mol. The van der Waals surface area contributed by atoms with Crippen molar-refractivity contribution in [2.75, 3.05) is 11.1 Å². The van der Waals surface area contributed by atoms with Crippen LogP contribution in [0.1, 0.15) is 12.0 Å². The first-order chi connectivity index (χ1) is 9.15. The number of para-hydroxylation sites is 1. The van der Waals surface area contributed by atoms with Crippen molar-refractivity contribution in [2.24, 2.45) is 0 Å². The number of anilines is 2. The SMILES string of the molecule is Nc1ccccc1CCC(=O)Nc1ccnc(Cl)c1. The molecule has 0 saturated carbocycles. The number of carbonyl (C=O) groups is 1. The van der Waals surface area contributed by atoms with Gasteiger partial charge in [0.15, 0.2) is 0 Å². The number of aryl methyl sites for hydroxylation is 1. The summed E-state index contributed by atoms with van der Waals surface area (Å²) in [5.41, 5.74) is 8.15. The average molecular weight is 276 g/mol. The van der Waals surface area contributed by atoms with Crippen LogP contribution in [0.4, 0.5) is 11.4 Å². The molecule has 4 nitrogen and oxygen atoms in total. The van der Waals surface area contributed by atoms with Gasteiger partial charge < -0.3 is 11.1 Å². The van der Waals surface area contributed by atoms with Gasteiger partial charge in [-0.05, 0) is 30.2 Å². The zero-order chi connectivity index (χ0) is 13.7. The summed E-state index contributed by atoms with van der Waals surface area (Å²) in [6, 6.07) is 10.8. The van der Waals surface area contributed by atoms with Crippen molar-refractivity contribution in [1.29, 1.82) is 0 Å². The predicted octanol–water partition coefficient (Wildman–Crippen LogP) is 2.89. The van der Waals surface area contributed by atoms with E-state index in [1.807, 2.05) is 24.3 Å². The number of benzene rings is 1. The number of rotatable bonds is 4. The highest BCUT2D eigenvalue weighted by molar-refractivity contribution is 6.29. The van der Waals surface area contributed by atoms with E-state index in [0.717, 1.165) is 5.56 Å². The van der Waals surface area contributed by atoms with Crippen LogP contribution in [0.2, 0.25) is 5.15 Å². The van der Waals surface area contributed by atoms with E-state index < -0.39 is 0 Å². The highest BCUT2D eigenvalue weighted by Crippen LogP contribution is 2.15. The van der Waals surface area contributed by atoms with Crippen LogP contribution in [-0.2, 0) is 11.2 Å². The Hall–Kier alpha value is -2.07. The molecule has 0 aliphatic heterocycles. The normalized spacial score (nSPS) is 10.2. The van der Waals surface area contributed by atoms with Crippen LogP contribution in [0.15, 0.2) is 42.6 Å². The lowest BCUT2D eigenvalue weighted by atomic mass is 10.1. The Morgan fingerprint density at radius 1 is 1.32 bits per heavy atom. The van der Waals surface area contributed by atoms with Crippen molar-refractivity contribution in [1.82, 2.24) is 4.98 Å². The first kappa shape index (κ1) is 13.4. The van der Waals surface area contributed by atoms with Gasteiger partial charge in [-0.25, -0.2) is 4.98 Å². The summed E-state index contributed by atoms with van der Waals surface area (Å²) in [6.45, 7) is 0. The Bertz CT molecular complexity index is 586. The van der Waals surface area contributed by atoms with Crippen molar-refractivity contribution in [2.45, 2.75) is 12.8 Å². The van der Waals surface area contributed by atoms with Gasteiger partial charge >= 0.3 is 0 Å². The summed E-state index contributed by atoms with van der Waals surface area (Å²) >= 11 is 5.74. The number of nitrogens with two attached hydrogens (primary N) is 1. The molecule has 0 aliphatic rings. The summed E-state index contributed by atoms with van der Waals surface area (Å²) in [7, 11) is 0. The summed E-state index contributed by atoms with van der Waals surface area (Å²) in [5, 5.41) is 3.12. The molecule has 0 aliphatic carbocycles. The van der Waals surface area contributed by atoms with Crippen molar-refractivity contribution in [3.63, 3.8) is 0 Å². The Balaban J connectivity index is 1.90. The molecule has 19 heavy (non-hydrogen) atoms. The van der Waals surface area contributed by atoms with Crippen LogP contribution >= 0.6 is 11.6 Å². The summed E-state index contributed by atoms with van der Waals surface area (Å²) in [4.78, 5) is 15.6. The second-order valence-corrected chi connectivity index (χ2v) is 4.50. The van der Waals surface area contributed by atoms with Crippen LogP contribution < -0.4 is 11.1 Å². The Kier molecular flexibility index (Phi) is 4.36. The van der Waals surface area contributed by atoms with Gasteiger partial charge in [-0.2, -0.15) is 0 Å². The molecule has 1 heterocycles. The number of nitrogens with one attached hydrogen (secondary N) is 1. The van der Waals surface area contributed by atoms with E-state index in [4.69, 9.17) is 17.3 Å². The van der Waals surface area contributed by atoms with E-state index in [2.05, 4.69) is 10.3 Å². The molecule has 5 heteroatoms. The van der Waals surface area contributed by atoms with Crippen molar-refractivity contribution < 1.29 is 4.79 Å². The highest BCUT2D eigenvalue weighted by atomic mass is 35.5. The van der Waals surface area contributed by atoms with Gasteiger partial charge in [-0.3, -0.25) is 4.79 Å². The molecule has 1 aromatic heterocycles. The molecule has 98 valence electrons. The fraction of sp³-hybridized carbons (Fsp3) is 0.143. The van der Waals surface area contributed by atoms with E-state index in [-0.39, 0.29) is 5.91 Å². The molecule has 2 aromatic rings. The second kappa shape index (κ2) is 6.20. The van der Waals surface area contributed by atoms with Gasteiger partial charge in [-0.15, -0.1) is 0 Å². The maximum absolute atomic E-state index is 11.8. The van der Waals surface area contributed by atoms with Crippen molar-refractivity contribution >= 4 is 28.9 Å². The van der Waals surface area contributed by atoms with E-state index in [9.17, 15) is 4.79 Å². The average Bonchev–Trinajstić information content (AvgIpc) is 2.38. The lowest BCUT2D eigenvalue weighted by Crippen LogP contribution is -2.12. The van der Waals surface area contributed by atoms with Crippen molar-refractivity contribution in [3.8, 4) is 0 Å². The van der Waals surface area contributed by atoms with E-state index in [0.29, 0.717) is 29.4 Å². The van der Waals surface area contributed by atoms with Crippen LogP contribution in [-0.4, -0.2) is 10.9 Å². The molecule has 0 saturated heterocycles. The quantitative estimate of drug-likeness (QED) is 0.666. The minimum absolute atomic E-state index is 0.0782. The topological polar surface area (TPSA) is 68.0 Å². The number of carbonyl (C=O) groups excluding carboxylic acids is 1. The molecular formula is C14H14ClN3O. The first-order valence-corrected chi connectivity index (χ1v) is 6.28. The maximum Gasteiger partial charge on any atom is 0.224 e. The Labute approximate surface area is 116 Å². The number of amides is 1. The van der Waals surface area contributed by atoms with Gasteiger partial charge in [0, 0.05) is 24.0 Å². The molecule has 0 fully saturated rings. The molecule has 0 unspecified atom stereocenters. The maximum atomic E-state index is 11.8. The largest absolute Gasteiger partial charge is 0.399 e. The Morgan fingerprint density at radius 2 is 2.11 bits per heavy atom. The number of nitrogen functional groups attached to an aromatic ring is 1. The fourth-order valence-corrected chi connectivity index (χ4v) is 1.89. The van der Waals surface area contributed by atoms with Crippen molar-refractivity contribution in [3.05, 3.63) is 53.3 Å². The van der Waals surface area contributed by atoms with E-state index in [1.165, 1.54) is 0 Å². The van der Waals surface area contributed by atoms with E-state index >= 15 is 0 Å². The molecule has 3 N–H and O–H groups in total. The Morgan fingerprint density at radius 3 is 2.84 bits per heavy atom. The zero-order valence-electron chi connectivity index (χ0n) is 10.3. The predicted molar refractivity (Wildman–Crippen MR) is 77.1 cm³/mol. The molecule has 2 rings (SSSR count). The summed E-state index contributed by atoms with van der Waals surface area (Å²) in [5.74, 6) is -0.0782. The number of nitrogens with zero attached hydrogens (tertiary/aromatic N) is 1. The fourth-order valence-electron chi connectivity index (χ4n) is 1.71. The third-order valence-corrected chi connectivity index (χ3v) is 2.89. The number of halogens is 1. The molecule has 0 bridgehead atoms. The van der Waals surface area contributed by atoms with Gasteiger partial charge in [-0.1, -0.05) is 29.8 Å². The second-order valence-electron chi connectivity index (χ2n) is 4.11. The standard InChI is InChI=1S/C14H14ClN3O/c15-13-9-11(7-8-17-13)18-14(19)6-5-10-3-1-2-4-12(10)16/h1-4,7-9H,5-6,16H2,(H,17,18,19). The molecule has 0 atom stereocenters. The molecule has 0 spiro atoms.